The Morgan fingerprint density at radius 2 is 0.988 bits per heavy atom. The molecule has 8 atom stereocenters. The van der Waals surface area contributed by atoms with Crippen LogP contribution in [0.5, 0.6) is 5.75 Å². The number of anilines is 1. The number of carbonyl (C=O) groups excluding carboxylic acids is 12. The van der Waals surface area contributed by atoms with Crippen molar-refractivity contribution < 1.29 is 81.6 Å². The molecule has 1 aromatic carbocycles. The number of benzene rings is 1. The van der Waals surface area contributed by atoms with Crippen LogP contribution >= 0.6 is 0 Å². The van der Waals surface area contributed by atoms with Crippen molar-refractivity contribution in [3.8, 4) is 5.75 Å². The molecule has 7 unspecified atom stereocenters. The van der Waals surface area contributed by atoms with E-state index in [0.29, 0.717) is 15.4 Å². The summed E-state index contributed by atoms with van der Waals surface area (Å²) in [4.78, 5) is 175. The Bertz CT molecular complexity index is 2790. The zero-order valence-corrected chi connectivity index (χ0v) is 50.7. The van der Waals surface area contributed by atoms with Gasteiger partial charge in [-0.1, -0.05) is 40.7 Å². The van der Waals surface area contributed by atoms with Crippen molar-refractivity contribution in [1.82, 2.24) is 41.7 Å². The summed E-state index contributed by atoms with van der Waals surface area (Å²) in [7, 11) is 0. The van der Waals surface area contributed by atoms with Gasteiger partial charge in [-0.2, -0.15) is 0 Å². The molecule has 27 nitrogen and oxygen atoms in total. The Morgan fingerprint density at radius 3 is 1.40 bits per heavy atom. The molecule has 10 N–H and O–H groups in total. The number of amides is 11. The Balaban J connectivity index is 1.62. The van der Waals surface area contributed by atoms with Crippen LogP contribution in [0.25, 0.3) is 0 Å². The fourth-order valence-corrected chi connectivity index (χ4v) is 8.88. The predicted octanol–water partition coefficient (Wildman–Crippen LogP) is 0.566. The van der Waals surface area contributed by atoms with Crippen LogP contribution < -0.4 is 47.7 Å². The highest BCUT2D eigenvalue weighted by Gasteiger charge is 2.50. The van der Waals surface area contributed by atoms with E-state index in [1.165, 1.54) is 46.8 Å². The van der Waals surface area contributed by atoms with E-state index in [1.54, 1.807) is 61.5 Å². The van der Waals surface area contributed by atoms with Gasteiger partial charge in [0.1, 0.15) is 36.3 Å². The first-order valence-electron chi connectivity index (χ1n) is 28.2. The number of carbonyl (C=O) groups is 13. The number of nitrogens with two attached hydrogens (primary N) is 1. The molecule has 0 spiro atoms. The van der Waals surface area contributed by atoms with Crippen molar-refractivity contribution in [2.75, 3.05) is 31.6 Å². The fourth-order valence-electron chi connectivity index (χ4n) is 8.88. The lowest BCUT2D eigenvalue weighted by atomic mass is 9.88. The lowest BCUT2D eigenvalue weighted by molar-refractivity contribution is -0.157. The fraction of sp³-hybridized carbons (Fsp3) is 0.603. The molecule has 0 bridgehead atoms. The minimum atomic E-state index is -2.04. The van der Waals surface area contributed by atoms with Gasteiger partial charge < -0.3 is 62.3 Å². The number of carboxylic acids is 1. The summed E-state index contributed by atoms with van der Waals surface area (Å²) in [5, 5.41) is 27.7. The number of imide groups is 2. The van der Waals surface area contributed by atoms with Crippen molar-refractivity contribution in [3.63, 3.8) is 0 Å². The minimum absolute atomic E-state index is 0.00567. The third-order valence-electron chi connectivity index (χ3n) is 14.8. The second kappa shape index (κ2) is 29.3. The van der Waals surface area contributed by atoms with E-state index < -0.39 is 147 Å². The molecule has 4 rings (SSSR count). The van der Waals surface area contributed by atoms with Gasteiger partial charge in [-0.3, -0.25) is 67.3 Å². The molecule has 3 aliphatic rings. The third-order valence-corrected chi connectivity index (χ3v) is 14.8. The average molecular weight is 1190 g/mol. The highest BCUT2D eigenvalue weighted by Crippen LogP contribution is 2.30. The molecule has 1 aromatic rings. The quantitative estimate of drug-likeness (QED) is 0.102. The molecule has 3 aliphatic heterocycles. The van der Waals surface area contributed by atoms with Crippen LogP contribution in [-0.4, -0.2) is 172 Å². The number of aliphatic carboxylic acids is 1. The Morgan fingerprint density at radius 1 is 0.588 bits per heavy atom. The van der Waals surface area contributed by atoms with Crippen LogP contribution in [-0.2, 0) is 78.2 Å². The maximum atomic E-state index is 14.3. The maximum absolute atomic E-state index is 14.3. The second-order valence-electron chi connectivity index (χ2n) is 24.2. The molecule has 27 heteroatoms. The highest BCUT2D eigenvalue weighted by atomic mass is 16.5. The number of nitrogens with one attached hydrogen (secondary N) is 7. The van der Waals surface area contributed by atoms with Crippen LogP contribution in [0, 0.1) is 16.7 Å². The molecular weight excluding hydrogens is 1110 g/mol. The Labute approximate surface area is 494 Å². The molecule has 0 aliphatic carbocycles. The van der Waals surface area contributed by atoms with Gasteiger partial charge in [0, 0.05) is 67.5 Å². The van der Waals surface area contributed by atoms with Crippen molar-refractivity contribution >= 4 is 82.6 Å². The molecule has 0 radical (unpaired) electrons. The third kappa shape index (κ3) is 19.8. The Kier molecular flexibility index (Phi) is 24.0. The zero-order chi connectivity index (χ0) is 64.1. The molecule has 0 aromatic heterocycles. The molecule has 0 saturated heterocycles. The first-order valence-corrected chi connectivity index (χ1v) is 28.2. The zero-order valence-electron chi connectivity index (χ0n) is 50.7. The molecule has 0 fully saturated rings. The van der Waals surface area contributed by atoms with Gasteiger partial charge in [0.25, 0.3) is 23.6 Å². The van der Waals surface area contributed by atoms with E-state index in [0.717, 1.165) is 24.3 Å². The number of hydrogen-bond donors (Lipinski definition) is 9. The van der Waals surface area contributed by atoms with Crippen molar-refractivity contribution in [1.29, 1.82) is 0 Å². The Hall–Kier alpha value is -7.91. The van der Waals surface area contributed by atoms with Gasteiger partial charge in [0.05, 0.1) is 22.8 Å². The maximum Gasteiger partial charge on any atom is 0.333 e. The normalized spacial score (nSPS) is 26.7. The number of rotatable bonds is 7. The topological polar surface area (TPSA) is 387 Å². The predicted molar refractivity (Wildman–Crippen MR) is 306 cm³/mol. The number of carboxylic acid groups (broad SMARTS) is 1. The van der Waals surface area contributed by atoms with Gasteiger partial charge in [0.15, 0.2) is 5.75 Å². The summed E-state index contributed by atoms with van der Waals surface area (Å²) in [6, 6.07) is -5.21. The highest BCUT2D eigenvalue weighted by molar-refractivity contribution is 6.19. The second-order valence-corrected chi connectivity index (χ2v) is 24.2. The van der Waals surface area contributed by atoms with Crippen LogP contribution in [0.1, 0.15) is 128 Å². The van der Waals surface area contributed by atoms with Crippen LogP contribution in [0.15, 0.2) is 42.5 Å². The monoisotopic (exact) mass is 1190 g/mol. The molecule has 3 heterocycles. The summed E-state index contributed by atoms with van der Waals surface area (Å²) in [5.74, 6) is -12.3. The van der Waals surface area contributed by atoms with E-state index in [4.69, 9.17) is 19.9 Å². The number of hydrogen-bond acceptors (Lipinski definition) is 17. The number of esters is 1. The molecule has 468 valence electrons. The smallest absolute Gasteiger partial charge is 0.333 e. The first-order chi connectivity index (χ1) is 39.4. The lowest BCUT2D eigenvalue weighted by Crippen LogP contribution is -2.66. The van der Waals surface area contributed by atoms with E-state index in [9.17, 15) is 67.4 Å². The van der Waals surface area contributed by atoms with E-state index in [1.807, 2.05) is 0 Å². The lowest BCUT2D eigenvalue weighted by Gasteiger charge is -2.36. The summed E-state index contributed by atoms with van der Waals surface area (Å²) < 4.78 is 18.0. The van der Waals surface area contributed by atoms with E-state index in [2.05, 4.69) is 37.2 Å². The number of fused-ring (bicyclic) bond motifs is 1. The molecule has 85 heavy (non-hydrogen) atoms. The van der Waals surface area contributed by atoms with E-state index >= 15 is 0 Å². The summed E-state index contributed by atoms with van der Waals surface area (Å²) in [6.45, 7) is 20.0. The summed E-state index contributed by atoms with van der Waals surface area (Å²) in [5.41, 5.74) is 2.51. The van der Waals surface area contributed by atoms with Crippen molar-refractivity contribution in [2.45, 2.75) is 182 Å². The van der Waals surface area contributed by atoms with Crippen LogP contribution in [0.3, 0.4) is 0 Å². The van der Waals surface area contributed by atoms with Gasteiger partial charge in [-0.25, -0.2) is 4.79 Å². The molecular formula is C58H84N10O17. The molecule has 11 amide bonds. The number of ether oxygens (including phenoxy) is 3. The SMILES string of the molecule is CC(C[C@@H](N)Cc1ccc2c(c1)NC(=O)C(C)NC(=O)C(C)NC(=O)C(C)(C)CCOC(C)(C)CCNC(=O)C(N1C(=O)C=CC1=O)C(N1C(=O)C=CC1=O)C(=O)NCCC(C)(C)OCCC(C)(C)C(=O)NC(C)C(=O)NC(C)C(=O)O2)C(=O)O. The van der Waals surface area contributed by atoms with Gasteiger partial charge in [-0.05, 0) is 112 Å². The van der Waals surface area contributed by atoms with Gasteiger partial charge >= 0.3 is 11.9 Å². The van der Waals surface area contributed by atoms with Crippen LogP contribution in [0.4, 0.5) is 5.69 Å². The first kappa shape index (κ1) is 69.6. The summed E-state index contributed by atoms with van der Waals surface area (Å²) in [6.07, 6.45) is 4.23. The van der Waals surface area contributed by atoms with Gasteiger partial charge in [-0.15, -0.1) is 0 Å². The average Bonchev–Trinajstić information content (AvgIpc) is 2.22. The summed E-state index contributed by atoms with van der Waals surface area (Å²) >= 11 is 0. The number of nitrogens with zero attached hydrogens (tertiary/aromatic N) is 2. The van der Waals surface area contributed by atoms with Crippen molar-refractivity contribution in [2.24, 2.45) is 22.5 Å². The minimum Gasteiger partial charge on any atom is -0.481 e. The van der Waals surface area contributed by atoms with Crippen LogP contribution in [0.2, 0.25) is 0 Å². The van der Waals surface area contributed by atoms with Crippen molar-refractivity contribution in [3.05, 3.63) is 48.1 Å². The standard InChI is InChI=1S/C58H84N10O17/c1-31(51(78)79)28-37(59)29-36-14-15-39-38(30-36)66-48(75)32(2)62-46(73)33(3)64-53(81)55(6,7)22-26-83-57(10,11)20-24-60-49(76)44(67-40(69)16-17-41(67)70)45(68-42(71)18-19-43(68)72)50(77)61-25-21-58(12,13)84-27-23-56(8,9)54(82)65-34(4)47(74)63-35(5)52(80)85-39/h14-19,30-35,37,44-45H,20-29,59H2,1-13H3,(H,60,76)(H,61,77)(H,62,73)(H,63,74)(H,64,81)(H,65,82)(H,66,75)(H,78,79)/t31?,32?,33?,34?,35?,37-,44?,45?/m1/s1. The van der Waals surface area contributed by atoms with Gasteiger partial charge in [0.2, 0.25) is 41.4 Å². The van der Waals surface area contributed by atoms with E-state index in [-0.39, 0.29) is 76.3 Å². The molecule has 0 saturated carbocycles. The largest absolute Gasteiger partial charge is 0.481 e.